The van der Waals surface area contributed by atoms with Crippen LogP contribution in [0.15, 0.2) is 65.4 Å². The minimum Gasteiger partial charge on any atom is -0.327 e. The van der Waals surface area contributed by atoms with E-state index in [1.54, 1.807) is 24.3 Å². The third-order valence-corrected chi connectivity index (χ3v) is 5.28. The highest BCUT2D eigenvalue weighted by molar-refractivity contribution is 5.81. The minimum absolute atomic E-state index is 0.00406. The highest BCUT2D eigenvalue weighted by Crippen LogP contribution is 2.39. The summed E-state index contributed by atoms with van der Waals surface area (Å²) in [5, 5.41) is 27.6. The number of amides is 2. The Hall–Kier alpha value is -4.01. The number of hydrogen-bond acceptors (Lipinski definition) is 5. The second-order valence-corrected chi connectivity index (χ2v) is 7.15. The Morgan fingerprint density at radius 2 is 1.50 bits per heavy atom. The molecular formula is C21H18N4O5. The zero-order valence-electron chi connectivity index (χ0n) is 15.8. The van der Waals surface area contributed by atoms with Crippen molar-refractivity contribution in [2.24, 2.45) is 0 Å². The summed E-state index contributed by atoms with van der Waals surface area (Å²) in [5.41, 5.74) is 4.33. The molecule has 30 heavy (non-hydrogen) atoms. The number of nitro groups is 2. The van der Waals surface area contributed by atoms with Crippen LogP contribution in [0, 0.1) is 20.2 Å². The molecule has 2 N–H and O–H groups in total. The van der Waals surface area contributed by atoms with E-state index in [0.29, 0.717) is 0 Å². The lowest BCUT2D eigenvalue weighted by Gasteiger charge is -2.34. The van der Waals surface area contributed by atoms with E-state index in [-0.39, 0.29) is 23.4 Å². The molecule has 0 radical (unpaired) electrons. The van der Waals surface area contributed by atoms with Gasteiger partial charge in [-0.1, -0.05) is 0 Å². The number of benzene rings is 2. The van der Waals surface area contributed by atoms with E-state index in [2.05, 4.69) is 10.6 Å². The van der Waals surface area contributed by atoms with E-state index < -0.39 is 9.85 Å². The molecule has 2 amide bonds. The van der Waals surface area contributed by atoms with Gasteiger partial charge in [-0.3, -0.25) is 20.2 Å². The van der Waals surface area contributed by atoms with Crippen LogP contribution in [0.4, 0.5) is 16.2 Å². The van der Waals surface area contributed by atoms with Crippen molar-refractivity contribution < 1.29 is 14.6 Å². The van der Waals surface area contributed by atoms with Gasteiger partial charge in [-0.2, -0.15) is 0 Å². The molecular weight excluding hydrogens is 388 g/mol. The molecule has 9 heteroatoms. The monoisotopic (exact) mass is 406 g/mol. The SMILES string of the molecule is O=C1NC2=C(CCC/C2=C\c2ccc([N+](=O)[O-])cc2)C(c2ccc([N+](=O)[O-])cc2)N1. The molecule has 4 rings (SSSR count). The molecule has 152 valence electrons. The third-order valence-electron chi connectivity index (χ3n) is 5.28. The van der Waals surface area contributed by atoms with Crippen LogP contribution < -0.4 is 10.6 Å². The Morgan fingerprint density at radius 1 is 0.900 bits per heavy atom. The van der Waals surface area contributed by atoms with Crippen LogP contribution in [-0.4, -0.2) is 15.9 Å². The molecule has 1 aliphatic carbocycles. The van der Waals surface area contributed by atoms with E-state index in [1.807, 2.05) is 6.08 Å². The van der Waals surface area contributed by atoms with Crippen LogP contribution in [0.5, 0.6) is 0 Å². The van der Waals surface area contributed by atoms with Crippen LogP contribution >= 0.6 is 0 Å². The number of rotatable bonds is 4. The third kappa shape index (κ3) is 3.77. The summed E-state index contributed by atoms with van der Waals surface area (Å²) >= 11 is 0. The van der Waals surface area contributed by atoms with Crippen LogP contribution in [0.2, 0.25) is 0 Å². The summed E-state index contributed by atoms with van der Waals surface area (Å²) in [5.74, 6) is 0. The predicted octanol–water partition coefficient (Wildman–Crippen LogP) is 4.38. The Labute approximate surface area is 171 Å². The van der Waals surface area contributed by atoms with Gasteiger partial charge in [0.25, 0.3) is 11.4 Å². The second-order valence-electron chi connectivity index (χ2n) is 7.15. The lowest BCUT2D eigenvalue weighted by Crippen LogP contribution is -2.45. The topological polar surface area (TPSA) is 127 Å². The molecule has 9 nitrogen and oxygen atoms in total. The van der Waals surface area contributed by atoms with E-state index >= 15 is 0 Å². The fourth-order valence-electron chi connectivity index (χ4n) is 3.85. The number of allylic oxidation sites excluding steroid dienone is 1. The molecule has 0 spiro atoms. The summed E-state index contributed by atoms with van der Waals surface area (Å²) in [6.45, 7) is 0. The van der Waals surface area contributed by atoms with Crippen molar-refractivity contribution >= 4 is 23.5 Å². The number of nitrogens with one attached hydrogen (secondary N) is 2. The summed E-state index contributed by atoms with van der Waals surface area (Å²) in [6, 6.07) is 11.7. The van der Waals surface area contributed by atoms with Gasteiger partial charge in [0.15, 0.2) is 0 Å². The number of non-ortho nitro benzene ring substituents is 2. The Morgan fingerprint density at radius 3 is 2.10 bits per heavy atom. The standard InChI is InChI=1S/C21H18N4O5/c26-21-22-19(14-6-10-17(11-7-14)25(29)30)18-3-1-2-15(20(18)23-21)12-13-4-8-16(9-5-13)24(27)28/h4-12,19H,1-3H2,(H2,22,23,26)/b15-12+. The Balaban J connectivity index is 1.70. The molecule has 0 saturated carbocycles. The minimum atomic E-state index is -0.457. The molecule has 2 aromatic rings. The van der Waals surface area contributed by atoms with Crippen molar-refractivity contribution in [3.8, 4) is 0 Å². The molecule has 2 aliphatic rings. The first kappa shape index (κ1) is 19.3. The van der Waals surface area contributed by atoms with Gasteiger partial charge in [-0.05, 0) is 71.9 Å². The van der Waals surface area contributed by atoms with E-state index in [0.717, 1.165) is 47.2 Å². The predicted molar refractivity (Wildman–Crippen MR) is 109 cm³/mol. The first-order valence-electron chi connectivity index (χ1n) is 9.42. The van der Waals surface area contributed by atoms with Gasteiger partial charge in [0.05, 0.1) is 15.9 Å². The molecule has 0 fully saturated rings. The number of carbonyl (C=O) groups is 1. The van der Waals surface area contributed by atoms with E-state index in [1.165, 1.54) is 24.3 Å². The van der Waals surface area contributed by atoms with Crippen molar-refractivity contribution in [2.45, 2.75) is 25.3 Å². The van der Waals surface area contributed by atoms with Crippen LogP contribution in [0.25, 0.3) is 6.08 Å². The maximum atomic E-state index is 12.3. The van der Waals surface area contributed by atoms with Gasteiger partial charge < -0.3 is 10.6 Å². The van der Waals surface area contributed by atoms with Crippen molar-refractivity contribution in [3.63, 3.8) is 0 Å². The average molecular weight is 406 g/mol. The second kappa shape index (κ2) is 7.78. The maximum Gasteiger partial charge on any atom is 0.319 e. The van der Waals surface area contributed by atoms with E-state index in [9.17, 15) is 25.0 Å². The first-order chi connectivity index (χ1) is 14.4. The number of nitro benzene ring substituents is 2. The van der Waals surface area contributed by atoms with Gasteiger partial charge >= 0.3 is 6.03 Å². The summed E-state index contributed by atoms with van der Waals surface area (Å²) < 4.78 is 0. The summed E-state index contributed by atoms with van der Waals surface area (Å²) in [6.07, 6.45) is 4.36. The summed E-state index contributed by atoms with van der Waals surface area (Å²) in [4.78, 5) is 33.2. The fourth-order valence-corrected chi connectivity index (χ4v) is 3.85. The van der Waals surface area contributed by atoms with Crippen molar-refractivity contribution in [1.29, 1.82) is 0 Å². The Kier molecular flexibility index (Phi) is 5.01. The van der Waals surface area contributed by atoms with Gasteiger partial charge in [0, 0.05) is 30.0 Å². The molecule has 1 atom stereocenters. The van der Waals surface area contributed by atoms with Crippen LogP contribution in [0.1, 0.15) is 36.4 Å². The van der Waals surface area contributed by atoms with Gasteiger partial charge in [0.1, 0.15) is 0 Å². The summed E-state index contributed by atoms with van der Waals surface area (Å²) in [7, 11) is 0. The smallest absolute Gasteiger partial charge is 0.319 e. The number of carbonyl (C=O) groups excluding carboxylic acids is 1. The van der Waals surface area contributed by atoms with Crippen LogP contribution in [-0.2, 0) is 0 Å². The maximum absolute atomic E-state index is 12.3. The quantitative estimate of drug-likeness (QED) is 0.575. The van der Waals surface area contributed by atoms with Crippen molar-refractivity contribution in [2.75, 3.05) is 0 Å². The number of hydrogen-bond donors (Lipinski definition) is 2. The molecule has 1 heterocycles. The largest absolute Gasteiger partial charge is 0.327 e. The van der Waals surface area contributed by atoms with Crippen LogP contribution in [0.3, 0.4) is 0 Å². The van der Waals surface area contributed by atoms with E-state index in [4.69, 9.17) is 0 Å². The normalized spacial score (nSPS) is 19.7. The lowest BCUT2D eigenvalue weighted by atomic mass is 9.83. The first-order valence-corrected chi connectivity index (χ1v) is 9.42. The number of nitrogens with zero attached hydrogens (tertiary/aromatic N) is 2. The highest BCUT2D eigenvalue weighted by Gasteiger charge is 2.31. The van der Waals surface area contributed by atoms with Gasteiger partial charge in [0.2, 0.25) is 0 Å². The average Bonchev–Trinajstić information content (AvgIpc) is 2.74. The van der Waals surface area contributed by atoms with Crippen molar-refractivity contribution in [3.05, 3.63) is 96.7 Å². The Bertz CT molecular complexity index is 1090. The zero-order valence-corrected chi connectivity index (χ0v) is 15.8. The fraction of sp³-hybridized carbons (Fsp3) is 0.190. The molecule has 1 unspecified atom stereocenters. The lowest BCUT2D eigenvalue weighted by molar-refractivity contribution is -0.385. The number of urea groups is 1. The molecule has 0 bridgehead atoms. The van der Waals surface area contributed by atoms with Crippen molar-refractivity contribution in [1.82, 2.24) is 10.6 Å². The highest BCUT2D eigenvalue weighted by atomic mass is 16.6. The molecule has 1 aliphatic heterocycles. The zero-order chi connectivity index (χ0) is 21.3. The molecule has 0 saturated heterocycles. The van der Waals surface area contributed by atoms with Gasteiger partial charge in [-0.15, -0.1) is 0 Å². The van der Waals surface area contributed by atoms with Gasteiger partial charge in [-0.25, -0.2) is 4.79 Å². The molecule has 0 aromatic heterocycles. The molecule has 2 aromatic carbocycles.